The number of para-hydroxylation sites is 1. The van der Waals surface area contributed by atoms with Crippen LogP contribution in [0.15, 0.2) is 42.5 Å². The lowest BCUT2D eigenvalue weighted by atomic mass is 10.1. The average Bonchev–Trinajstić information content (AvgIpc) is 3.16. The van der Waals surface area contributed by atoms with Crippen LogP contribution in [0.3, 0.4) is 0 Å². The van der Waals surface area contributed by atoms with Crippen molar-refractivity contribution < 1.29 is 14.3 Å². The number of carbonyl (C=O) groups excluding carboxylic acids is 1. The maximum absolute atomic E-state index is 12.8. The predicted octanol–water partition coefficient (Wildman–Crippen LogP) is 3.99. The molecule has 148 valence electrons. The van der Waals surface area contributed by atoms with Gasteiger partial charge in [0.2, 0.25) is 6.79 Å². The molecule has 0 atom stereocenters. The van der Waals surface area contributed by atoms with Crippen LogP contribution in [0.2, 0.25) is 0 Å². The Kier molecular flexibility index (Phi) is 5.03. The van der Waals surface area contributed by atoms with Crippen molar-refractivity contribution in [2.45, 2.75) is 27.3 Å². The highest BCUT2D eigenvalue weighted by Crippen LogP contribution is 2.32. The zero-order valence-electron chi connectivity index (χ0n) is 16.6. The van der Waals surface area contributed by atoms with Gasteiger partial charge in [0.1, 0.15) is 17.3 Å². The zero-order valence-corrected chi connectivity index (χ0v) is 16.6. The summed E-state index contributed by atoms with van der Waals surface area (Å²) < 4.78 is 10.7. The number of aryl methyl sites for hydroxylation is 3. The third-order valence-corrected chi connectivity index (χ3v) is 4.70. The number of hydrogen-bond donors (Lipinski definition) is 2. The van der Waals surface area contributed by atoms with E-state index in [-0.39, 0.29) is 12.7 Å². The molecule has 1 amide bonds. The summed E-state index contributed by atoms with van der Waals surface area (Å²) >= 11 is 0. The fourth-order valence-corrected chi connectivity index (χ4v) is 3.21. The van der Waals surface area contributed by atoms with Crippen molar-refractivity contribution in [3.8, 4) is 11.5 Å². The van der Waals surface area contributed by atoms with Crippen LogP contribution >= 0.6 is 0 Å². The Morgan fingerprint density at radius 2 is 1.76 bits per heavy atom. The minimum atomic E-state index is -0.265. The van der Waals surface area contributed by atoms with Crippen molar-refractivity contribution in [1.82, 2.24) is 9.97 Å². The second-order valence-corrected chi connectivity index (χ2v) is 6.95. The maximum Gasteiger partial charge on any atom is 0.274 e. The van der Waals surface area contributed by atoms with Gasteiger partial charge in [0, 0.05) is 18.3 Å². The first kappa shape index (κ1) is 18.7. The van der Waals surface area contributed by atoms with Crippen LogP contribution in [0, 0.1) is 20.8 Å². The number of hydrogen-bond acceptors (Lipinski definition) is 6. The Morgan fingerprint density at radius 1 is 1.00 bits per heavy atom. The highest BCUT2D eigenvalue weighted by Gasteiger charge is 2.15. The first-order valence-electron chi connectivity index (χ1n) is 9.35. The standard InChI is InChI=1S/C22H22N4O3/c1-13-5-4-6-14(2)21(13)26-22(27)17-10-20(25-15(3)24-17)23-11-16-7-8-18-19(9-16)29-12-28-18/h4-10H,11-12H2,1-3H3,(H,26,27)(H,23,24,25). The number of rotatable bonds is 5. The lowest BCUT2D eigenvalue weighted by Crippen LogP contribution is -2.17. The molecule has 0 unspecified atom stereocenters. The first-order chi connectivity index (χ1) is 14.0. The van der Waals surface area contributed by atoms with Crippen molar-refractivity contribution in [3.63, 3.8) is 0 Å². The number of amides is 1. The van der Waals surface area contributed by atoms with Gasteiger partial charge in [0.05, 0.1) is 0 Å². The number of benzene rings is 2. The number of fused-ring (bicyclic) bond motifs is 1. The molecule has 2 heterocycles. The largest absolute Gasteiger partial charge is 0.454 e. The van der Waals surface area contributed by atoms with E-state index in [9.17, 15) is 4.79 Å². The van der Waals surface area contributed by atoms with Crippen molar-refractivity contribution in [1.29, 1.82) is 0 Å². The summed E-state index contributed by atoms with van der Waals surface area (Å²) in [7, 11) is 0. The number of ether oxygens (including phenoxy) is 2. The Morgan fingerprint density at radius 3 is 2.55 bits per heavy atom. The van der Waals surface area contributed by atoms with E-state index in [4.69, 9.17) is 9.47 Å². The molecule has 0 aliphatic carbocycles. The molecule has 0 bridgehead atoms. The van der Waals surface area contributed by atoms with E-state index < -0.39 is 0 Å². The topological polar surface area (TPSA) is 85.4 Å². The Hall–Kier alpha value is -3.61. The van der Waals surface area contributed by atoms with Gasteiger partial charge in [-0.15, -0.1) is 0 Å². The Bertz CT molecular complexity index is 1060. The monoisotopic (exact) mass is 390 g/mol. The molecule has 7 nitrogen and oxygen atoms in total. The summed E-state index contributed by atoms with van der Waals surface area (Å²) in [6.45, 7) is 6.47. The summed E-state index contributed by atoms with van der Waals surface area (Å²) in [5.74, 6) is 2.32. The SMILES string of the molecule is Cc1nc(NCc2ccc3c(c2)OCO3)cc(C(=O)Nc2c(C)cccc2C)n1. The molecular weight excluding hydrogens is 368 g/mol. The van der Waals surface area contributed by atoms with Gasteiger partial charge >= 0.3 is 0 Å². The van der Waals surface area contributed by atoms with Gasteiger partial charge in [-0.1, -0.05) is 24.3 Å². The summed E-state index contributed by atoms with van der Waals surface area (Å²) in [6, 6.07) is 13.3. The van der Waals surface area contributed by atoms with Gasteiger partial charge in [-0.25, -0.2) is 9.97 Å². The zero-order chi connectivity index (χ0) is 20.4. The molecule has 29 heavy (non-hydrogen) atoms. The average molecular weight is 390 g/mol. The molecule has 1 aliphatic rings. The lowest BCUT2D eigenvalue weighted by Gasteiger charge is -2.12. The van der Waals surface area contributed by atoms with Gasteiger partial charge in [-0.05, 0) is 49.6 Å². The molecule has 2 aromatic carbocycles. The molecule has 2 N–H and O–H groups in total. The Balaban J connectivity index is 1.49. The second kappa shape index (κ2) is 7.79. The fourth-order valence-electron chi connectivity index (χ4n) is 3.21. The van der Waals surface area contributed by atoms with E-state index in [1.165, 1.54) is 0 Å². The smallest absolute Gasteiger partial charge is 0.274 e. The van der Waals surface area contributed by atoms with Crippen molar-refractivity contribution >= 4 is 17.4 Å². The van der Waals surface area contributed by atoms with Gasteiger partial charge in [-0.3, -0.25) is 4.79 Å². The van der Waals surface area contributed by atoms with Gasteiger partial charge in [0.25, 0.3) is 5.91 Å². The van der Waals surface area contributed by atoms with E-state index in [0.717, 1.165) is 33.9 Å². The molecular formula is C22H22N4O3. The molecule has 0 saturated heterocycles. The first-order valence-corrected chi connectivity index (χ1v) is 9.35. The van der Waals surface area contributed by atoms with Crippen LogP contribution in [0.4, 0.5) is 11.5 Å². The van der Waals surface area contributed by atoms with Crippen LogP contribution in [0.5, 0.6) is 11.5 Å². The number of carbonyl (C=O) groups is 1. The Labute approximate surface area is 169 Å². The molecule has 1 aromatic heterocycles. The molecule has 1 aliphatic heterocycles. The van der Waals surface area contributed by atoms with Crippen molar-refractivity contribution in [2.75, 3.05) is 17.4 Å². The molecule has 3 aromatic rings. The van der Waals surface area contributed by atoms with E-state index in [1.54, 1.807) is 13.0 Å². The highest BCUT2D eigenvalue weighted by molar-refractivity contribution is 6.04. The fraction of sp³-hybridized carbons (Fsp3) is 0.227. The summed E-state index contributed by atoms with van der Waals surface area (Å²) in [5, 5.41) is 6.21. The normalized spacial score (nSPS) is 12.0. The van der Waals surface area contributed by atoms with Gasteiger partial charge in [0.15, 0.2) is 11.5 Å². The van der Waals surface area contributed by atoms with Crippen molar-refractivity contribution in [3.05, 3.63) is 70.7 Å². The highest BCUT2D eigenvalue weighted by atomic mass is 16.7. The predicted molar refractivity (Wildman–Crippen MR) is 111 cm³/mol. The number of nitrogens with one attached hydrogen (secondary N) is 2. The molecule has 0 radical (unpaired) electrons. The van der Waals surface area contributed by atoms with Gasteiger partial charge in [-0.2, -0.15) is 0 Å². The third-order valence-electron chi connectivity index (χ3n) is 4.70. The number of nitrogens with zero attached hydrogens (tertiary/aromatic N) is 2. The van der Waals surface area contributed by atoms with Crippen LogP contribution in [-0.4, -0.2) is 22.7 Å². The van der Waals surface area contributed by atoms with E-state index >= 15 is 0 Å². The number of anilines is 2. The van der Waals surface area contributed by atoms with Crippen LogP contribution < -0.4 is 20.1 Å². The third kappa shape index (κ3) is 4.13. The summed E-state index contributed by atoms with van der Waals surface area (Å²) in [4.78, 5) is 21.4. The molecule has 0 fully saturated rings. The van der Waals surface area contributed by atoms with Crippen LogP contribution in [0.1, 0.15) is 33.0 Å². The molecule has 4 rings (SSSR count). The van der Waals surface area contributed by atoms with Crippen LogP contribution in [-0.2, 0) is 6.54 Å². The quantitative estimate of drug-likeness (QED) is 0.685. The summed E-state index contributed by atoms with van der Waals surface area (Å²) in [6.07, 6.45) is 0. The van der Waals surface area contributed by atoms with Crippen molar-refractivity contribution in [2.24, 2.45) is 0 Å². The van der Waals surface area contributed by atoms with E-state index in [1.807, 2.05) is 50.2 Å². The summed E-state index contributed by atoms with van der Waals surface area (Å²) in [5.41, 5.74) is 4.15. The lowest BCUT2D eigenvalue weighted by molar-refractivity contribution is 0.102. The molecule has 0 saturated carbocycles. The van der Waals surface area contributed by atoms with E-state index in [0.29, 0.717) is 23.9 Å². The second-order valence-electron chi connectivity index (χ2n) is 6.95. The maximum atomic E-state index is 12.8. The number of aromatic nitrogens is 2. The van der Waals surface area contributed by atoms with E-state index in [2.05, 4.69) is 20.6 Å². The minimum Gasteiger partial charge on any atom is -0.454 e. The minimum absolute atomic E-state index is 0.246. The van der Waals surface area contributed by atoms with Gasteiger partial charge < -0.3 is 20.1 Å². The molecule has 7 heteroatoms. The molecule has 0 spiro atoms. The van der Waals surface area contributed by atoms with Crippen LogP contribution in [0.25, 0.3) is 0 Å².